The zero-order chi connectivity index (χ0) is 12.7. The predicted molar refractivity (Wildman–Crippen MR) is 67.6 cm³/mol. The molecule has 0 radical (unpaired) electrons. The number of hydrogen-bond donors (Lipinski definition) is 1. The van der Waals surface area contributed by atoms with E-state index in [-0.39, 0.29) is 6.42 Å². The number of unbranched alkanes of at least 4 members (excludes halogenated alkanes) is 1. The van der Waals surface area contributed by atoms with E-state index in [0.29, 0.717) is 0 Å². The summed E-state index contributed by atoms with van der Waals surface area (Å²) < 4.78 is 5.31. The molecule has 94 valence electrons. The molecule has 0 aliphatic rings. The maximum Gasteiger partial charge on any atom is 0.303 e. The first-order valence-electron chi connectivity index (χ1n) is 6.05. The Labute approximate surface area is 102 Å². The summed E-state index contributed by atoms with van der Waals surface area (Å²) in [4.78, 5) is 10.4. The Hall–Kier alpha value is -1.51. The van der Waals surface area contributed by atoms with Gasteiger partial charge < -0.3 is 9.84 Å². The van der Waals surface area contributed by atoms with Gasteiger partial charge in [-0.05, 0) is 42.9 Å². The maximum atomic E-state index is 10.4. The summed E-state index contributed by atoms with van der Waals surface area (Å²) in [5.41, 5.74) is 2.47. The van der Waals surface area contributed by atoms with Crippen LogP contribution in [0.15, 0.2) is 18.2 Å². The molecule has 0 fully saturated rings. The number of hydrogen-bond acceptors (Lipinski definition) is 2. The van der Waals surface area contributed by atoms with Crippen LogP contribution in [0.3, 0.4) is 0 Å². The van der Waals surface area contributed by atoms with Crippen molar-refractivity contribution in [2.75, 3.05) is 7.11 Å². The lowest BCUT2D eigenvalue weighted by Gasteiger charge is -2.09. The van der Waals surface area contributed by atoms with Crippen molar-refractivity contribution >= 4 is 5.97 Å². The molecule has 1 rings (SSSR count). The molecular weight excluding hydrogens is 216 g/mol. The minimum Gasteiger partial charge on any atom is -0.496 e. The largest absolute Gasteiger partial charge is 0.496 e. The zero-order valence-electron chi connectivity index (χ0n) is 10.5. The quantitative estimate of drug-likeness (QED) is 0.740. The van der Waals surface area contributed by atoms with Gasteiger partial charge in [-0.25, -0.2) is 0 Å². The van der Waals surface area contributed by atoms with E-state index in [1.54, 1.807) is 7.11 Å². The van der Waals surface area contributed by atoms with Crippen LogP contribution in [-0.2, 0) is 17.6 Å². The van der Waals surface area contributed by atoms with Crippen molar-refractivity contribution in [3.8, 4) is 5.75 Å². The number of methoxy groups -OCH3 is 1. The highest BCUT2D eigenvalue weighted by Crippen LogP contribution is 2.22. The molecule has 0 aliphatic heterocycles. The maximum absolute atomic E-state index is 10.4. The minimum atomic E-state index is -0.723. The van der Waals surface area contributed by atoms with E-state index < -0.39 is 5.97 Å². The van der Waals surface area contributed by atoms with E-state index in [1.165, 1.54) is 11.1 Å². The van der Waals surface area contributed by atoms with Crippen LogP contribution >= 0.6 is 0 Å². The van der Waals surface area contributed by atoms with E-state index in [4.69, 9.17) is 9.84 Å². The molecular formula is C14H20O3. The molecule has 17 heavy (non-hydrogen) atoms. The average molecular weight is 236 g/mol. The van der Waals surface area contributed by atoms with Crippen molar-refractivity contribution in [1.82, 2.24) is 0 Å². The molecule has 0 saturated heterocycles. The SMILES string of the molecule is CCc1ccc(OC)c(CCCCC(=O)O)c1. The van der Waals surface area contributed by atoms with Gasteiger partial charge in [-0.3, -0.25) is 4.79 Å². The number of aryl methyl sites for hydroxylation is 2. The fraction of sp³-hybridized carbons (Fsp3) is 0.500. The minimum absolute atomic E-state index is 0.246. The van der Waals surface area contributed by atoms with Crippen LogP contribution < -0.4 is 4.74 Å². The van der Waals surface area contributed by atoms with E-state index >= 15 is 0 Å². The summed E-state index contributed by atoms with van der Waals surface area (Å²) in [6, 6.07) is 6.21. The van der Waals surface area contributed by atoms with E-state index in [2.05, 4.69) is 19.1 Å². The summed E-state index contributed by atoms with van der Waals surface area (Å²) in [6.45, 7) is 2.12. The van der Waals surface area contributed by atoms with Crippen molar-refractivity contribution in [3.05, 3.63) is 29.3 Å². The van der Waals surface area contributed by atoms with Crippen LogP contribution in [0.2, 0.25) is 0 Å². The van der Waals surface area contributed by atoms with Crippen molar-refractivity contribution in [3.63, 3.8) is 0 Å². The summed E-state index contributed by atoms with van der Waals surface area (Å²) in [7, 11) is 1.67. The highest BCUT2D eigenvalue weighted by atomic mass is 16.5. The van der Waals surface area contributed by atoms with Gasteiger partial charge >= 0.3 is 5.97 Å². The van der Waals surface area contributed by atoms with Crippen molar-refractivity contribution in [1.29, 1.82) is 0 Å². The molecule has 0 saturated carbocycles. The Kier molecular flexibility index (Phi) is 5.53. The third kappa shape index (κ3) is 4.47. The second kappa shape index (κ2) is 6.94. The van der Waals surface area contributed by atoms with Gasteiger partial charge in [0, 0.05) is 6.42 Å². The first kappa shape index (κ1) is 13.6. The molecule has 0 aromatic heterocycles. The second-order valence-corrected chi connectivity index (χ2v) is 4.10. The van der Waals surface area contributed by atoms with E-state index in [9.17, 15) is 4.79 Å². The molecule has 0 aliphatic carbocycles. The molecule has 3 nitrogen and oxygen atoms in total. The Morgan fingerprint density at radius 2 is 2.12 bits per heavy atom. The average Bonchev–Trinajstić information content (AvgIpc) is 2.34. The van der Waals surface area contributed by atoms with Gasteiger partial charge in [0.1, 0.15) is 5.75 Å². The van der Waals surface area contributed by atoms with Gasteiger partial charge in [-0.2, -0.15) is 0 Å². The molecule has 0 heterocycles. The highest BCUT2D eigenvalue weighted by Gasteiger charge is 2.04. The Balaban J connectivity index is 2.58. The predicted octanol–water partition coefficient (Wildman–Crippen LogP) is 3.06. The lowest BCUT2D eigenvalue weighted by Crippen LogP contribution is -1.97. The van der Waals surface area contributed by atoms with Gasteiger partial charge in [0.05, 0.1) is 7.11 Å². The van der Waals surface area contributed by atoms with Crippen LogP contribution in [0, 0.1) is 0 Å². The number of carbonyl (C=O) groups is 1. The fourth-order valence-corrected chi connectivity index (χ4v) is 1.84. The van der Waals surface area contributed by atoms with Gasteiger partial charge in [0.15, 0.2) is 0 Å². The van der Waals surface area contributed by atoms with Crippen LogP contribution in [0.4, 0.5) is 0 Å². The molecule has 0 atom stereocenters. The number of aliphatic carboxylic acids is 1. The Bertz CT molecular complexity index is 372. The third-order valence-electron chi connectivity index (χ3n) is 2.84. The zero-order valence-corrected chi connectivity index (χ0v) is 10.5. The molecule has 3 heteroatoms. The van der Waals surface area contributed by atoms with Crippen molar-refractivity contribution < 1.29 is 14.6 Å². The number of carboxylic acids is 1. The van der Waals surface area contributed by atoms with Gasteiger partial charge in [0.25, 0.3) is 0 Å². The molecule has 1 aromatic carbocycles. The smallest absolute Gasteiger partial charge is 0.303 e. The second-order valence-electron chi connectivity index (χ2n) is 4.10. The summed E-state index contributed by atoms with van der Waals surface area (Å²) in [6.07, 6.45) is 3.73. The first-order chi connectivity index (χ1) is 8.17. The van der Waals surface area contributed by atoms with Crippen molar-refractivity contribution in [2.45, 2.75) is 39.0 Å². The lowest BCUT2D eigenvalue weighted by atomic mass is 10.0. The normalized spacial score (nSPS) is 10.2. The van der Waals surface area contributed by atoms with Crippen LogP contribution in [0.25, 0.3) is 0 Å². The van der Waals surface area contributed by atoms with Gasteiger partial charge in [-0.15, -0.1) is 0 Å². The monoisotopic (exact) mass is 236 g/mol. The summed E-state index contributed by atoms with van der Waals surface area (Å²) in [5.74, 6) is 0.178. The molecule has 1 aromatic rings. The molecule has 0 unspecified atom stereocenters. The first-order valence-corrected chi connectivity index (χ1v) is 6.05. The summed E-state index contributed by atoms with van der Waals surface area (Å²) >= 11 is 0. The van der Waals surface area contributed by atoms with Crippen molar-refractivity contribution in [2.24, 2.45) is 0 Å². The molecule has 1 N–H and O–H groups in total. The molecule has 0 amide bonds. The number of ether oxygens (including phenoxy) is 1. The lowest BCUT2D eigenvalue weighted by molar-refractivity contribution is -0.137. The Morgan fingerprint density at radius 3 is 2.71 bits per heavy atom. The van der Waals surface area contributed by atoms with Crippen LogP contribution in [-0.4, -0.2) is 18.2 Å². The summed E-state index contributed by atoms with van der Waals surface area (Å²) in [5, 5.41) is 8.57. The third-order valence-corrected chi connectivity index (χ3v) is 2.84. The fourth-order valence-electron chi connectivity index (χ4n) is 1.84. The number of benzene rings is 1. The van der Waals surface area contributed by atoms with Gasteiger partial charge in [-0.1, -0.05) is 19.1 Å². The standard InChI is InChI=1S/C14H20O3/c1-3-11-8-9-13(17-2)12(10-11)6-4-5-7-14(15)16/h8-10H,3-7H2,1-2H3,(H,15,16). The number of carboxylic acid groups (broad SMARTS) is 1. The highest BCUT2D eigenvalue weighted by molar-refractivity contribution is 5.66. The Morgan fingerprint density at radius 1 is 1.35 bits per heavy atom. The van der Waals surface area contributed by atoms with Crippen LogP contribution in [0.5, 0.6) is 5.75 Å². The molecule has 0 bridgehead atoms. The van der Waals surface area contributed by atoms with E-state index in [1.807, 2.05) is 6.07 Å². The van der Waals surface area contributed by atoms with Gasteiger partial charge in [0.2, 0.25) is 0 Å². The number of rotatable bonds is 7. The van der Waals surface area contributed by atoms with E-state index in [0.717, 1.165) is 31.4 Å². The molecule has 0 spiro atoms. The van der Waals surface area contributed by atoms with Crippen LogP contribution in [0.1, 0.15) is 37.3 Å². The topological polar surface area (TPSA) is 46.5 Å².